The van der Waals surface area contributed by atoms with E-state index in [-0.39, 0.29) is 11.9 Å². The van der Waals surface area contributed by atoms with Crippen molar-refractivity contribution in [2.45, 2.75) is 12.5 Å². The molecule has 5 nitrogen and oxygen atoms in total. The zero-order chi connectivity index (χ0) is 24.1. The maximum atomic E-state index is 13.6. The van der Waals surface area contributed by atoms with E-state index >= 15 is 0 Å². The molecule has 3 aromatic rings. The van der Waals surface area contributed by atoms with Crippen molar-refractivity contribution in [3.8, 4) is 0 Å². The van der Waals surface area contributed by atoms with Crippen molar-refractivity contribution in [3.63, 3.8) is 0 Å². The second kappa shape index (κ2) is 10.2. The Bertz CT molecular complexity index is 1260. The first-order valence-corrected chi connectivity index (χ1v) is 11.0. The molecule has 0 spiro atoms. The first kappa shape index (κ1) is 23.0. The lowest BCUT2D eigenvalue weighted by atomic mass is 9.85. The van der Waals surface area contributed by atoms with Crippen LogP contribution >= 0.6 is 0 Å². The highest BCUT2D eigenvalue weighted by atomic mass is 19.1. The Morgan fingerprint density at radius 1 is 1.12 bits per heavy atom. The lowest BCUT2D eigenvalue weighted by Gasteiger charge is -2.39. The highest BCUT2D eigenvalue weighted by Gasteiger charge is 2.29. The average Bonchev–Trinajstić information content (AvgIpc) is 2.86. The fraction of sp³-hybridized carbons (Fsp3) is 0.143. The van der Waals surface area contributed by atoms with E-state index in [0.717, 1.165) is 52.6 Å². The molecule has 3 aromatic carbocycles. The summed E-state index contributed by atoms with van der Waals surface area (Å²) in [6, 6.07) is 20.7. The molecule has 1 aliphatic rings. The minimum absolute atomic E-state index is 0.0779. The van der Waals surface area contributed by atoms with Crippen LogP contribution in [0, 0.1) is 5.82 Å². The van der Waals surface area contributed by atoms with Crippen molar-refractivity contribution in [2.75, 3.05) is 18.5 Å². The molecule has 1 atom stereocenters. The third-order valence-electron chi connectivity index (χ3n) is 5.98. The topological polar surface area (TPSA) is 78.9 Å². The highest BCUT2D eigenvalue weighted by molar-refractivity contribution is 6.09. The van der Waals surface area contributed by atoms with Gasteiger partial charge in [0.15, 0.2) is 0 Å². The van der Waals surface area contributed by atoms with Crippen LogP contribution in [-0.2, 0) is 11.2 Å². The van der Waals surface area contributed by atoms with E-state index in [0.29, 0.717) is 0 Å². The fourth-order valence-corrected chi connectivity index (χ4v) is 4.39. The molecule has 1 aliphatic heterocycles. The van der Waals surface area contributed by atoms with Gasteiger partial charge in [0.1, 0.15) is 5.82 Å². The van der Waals surface area contributed by atoms with E-state index in [4.69, 9.17) is 10.8 Å². The number of benzene rings is 3. The van der Waals surface area contributed by atoms with E-state index in [1.54, 1.807) is 37.7 Å². The van der Waals surface area contributed by atoms with E-state index in [1.807, 2.05) is 30.3 Å². The lowest BCUT2D eigenvalue weighted by Crippen LogP contribution is -2.36. The van der Waals surface area contributed by atoms with Gasteiger partial charge < -0.3 is 15.7 Å². The number of hydrogen-bond donors (Lipinski definition) is 2. The number of hydrogen-bond acceptors (Lipinski definition) is 4. The zero-order valence-electron chi connectivity index (χ0n) is 18.9. The van der Waals surface area contributed by atoms with Gasteiger partial charge in [-0.25, -0.2) is 9.18 Å². The van der Waals surface area contributed by atoms with Crippen LogP contribution in [0.25, 0.3) is 11.6 Å². The van der Waals surface area contributed by atoms with Gasteiger partial charge in [0.2, 0.25) is 0 Å². The van der Waals surface area contributed by atoms with Gasteiger partial charge in [-0.15, -0.1) is 0 Å². The van der Waals surface area contributed by atoms with E-state index < -0.39 is 5.97 Å². The van der Waals surface area contributed by atoms with Crippen LogP contribution in [0.15, 0.2) is 84.0 Å². The SMILES string of the molecule is CN=CC(=CN)c1ccc2c(c1)CCN(c1ccc(F)cc1)C2c1ccc(/C=C/C(=O)O)cc1. The van der Waals surface area contributed by atoms with Gasteiger partial charge in [-0.3, -0.25) is 4.99 Å². The smallest absolute Gasteiger partial charge is 0.328 e. The Labute approximate surface area is 198 Å². The van der Waals surface area contributed by atoms with Crippen LogP contribution in [0.4, 0.5) is 10.1 Å². The van der Waals surface area contributed by atoms with Crippen LogP contribution in [0.3, 0.4) is 0 Å². The summed E-state index contributed by atoms with van der Waals surface area (Å²) in [5.41, 5.74) is 12.9. The predicted octanol–water partition coefficient (Wildman–Crippen LogP) is 5.08. The second-order valence-corrected chi connectivity index (χ2v) is 8.08. The van der Waals surface area contributed by atoms with Crippen molar-refractivity contribution in [3.05, 3.63) is 113 Å². The van der Waals surface area contributed by atoms with Crippen LogP contribution in [0.1, 0.15) is 33.9 Å². The molecule has 0 aliphatic carbocycles. The number of carboxylic acid groups (broad SMARTS) is 1. The molecular weight excluding hydrogens is 429 g/mol. The standard InChI is InChI=1S/C28H26FN3O2/c1-31-18-23(17-30)21-7-12-26-22(16-21)14-15-32(25-10-8-24(29)9-11-25)28(26)20-5-2-19(3-6-20)4-13-27(33)34/h2-13,16-18,28H,14-15,30H2,1H3,(H,33,34)/b13-4+,23-17?,31-18?. The van der Waals surface area contributed by atoms with Crippen LogP contribution in [0.5, 0.6) is 0 Å². The number of aliphatic carboxylic acids is 1. The van der Waals surface area contributed by atoms with Crippen LogP contribution < -0.4 is 10.6 Å². The van der Waals surface area contributed by atoms with Crippen LogP contribution in [-0.4, -0.2) is 30.9 Å². The molecule has 0 radical (unpaired) electrons. The summed E-state index contributed by atoms with van der Waals surface area (Å²) in [7, 11) is 1.72. The maximum absolute atomic E-state index is 13.6. The van der Waals surface area contributed by atoms with Gasteiger partial charge in [0.05, 0.1) is 6.04 Å². The molecule has 0 aromatic heterocycles. The Kier molecular flexibility index (Phi) is 6.87. The van der Waals surface area contributed by atoms with Gasteiger partial charge in [0.25, 0.3) is 0 Å². The molecule has 4 rings (SSSR count). The highest BCUT2D eigenvalue weighted by Crippen LogP contribution is 2.39. The Morgan fingerprint density at radius 2 is 1.85 bits per heavy atom. The zero-order valence-corrected chi connectivity index (χ0v) is 18.9. The minimum Gasteiger partial charge on any atom is -0.478 e. The van der Waals surface area contributed by atoms with Gasteiger partial charge in [-0.1, -0.05) is 42.5 Å². The third-order valence-corrected chi connectivity index (χ3v) is 5.98. The Morgan fingerprint density at radius 3 is 2.50 bits per heavy atom. The number of carboxylic acids is 1. The third kappa shape index (κ3) is 4.91. The molecule has 0 saturated carbocycles. The molecule has 172 valence electrons. The summed E-state index contributed by atoms with van der Waals surface area (Å²) in [4.78, 5) is 17.2. The normalized spacial score (nSPS) is 16.2. The van der Waals surface area contributed by atoms with Crippen molar-refractivity contribution in [1.29, 1.82) is 0 Å². The van der Waals surface area contributed by atoms with Crippen molar-refractivity contribution in [2.24, 2.45) is 10.7 Å². The van der Waals surface area contributed by atoms with Crippen LogP contribution in [0.2, 0.25) is 0 Å². The van der Waals surface area contributed by atoms with Gasteiger partial charge in [-0.05, 0) is 64.6 Å². The van der Waals surface area contributed by atoms with Gasteiger partial charge in [-0.2, -0.15) is 0 Å². The number of halogens is 1. The monoisotopic (exact) mass is 455 g/mol. The largest absolute Gasteiger partial charge is 0.478 e. The Balaban J connectivity index is 1.78. The van der Waals surface area contributed by atoms with Crippen molar-refractivity contribution < 1.29 is 14.3 Å². The second-order valence-electron chi connectivity index (χ2n) is 8.08. The molecule has 3 N–H and O–H groups in total. The fourth-order valence-electron chi connectivity index (χ4n) is 4.39. The number of fused-ring (bicyclic) bond motifs is 1. The molecule has 0 fully saturated rings. The molecular formula is C28H26FN3O2. The summed E-state index contributed by atoms with van der Waals surface area (Å²) < 4.78 is 13.6. The van der Waals surface area contributed by atoms with Gasteiger partial charge in [0, 0.05) is 43.3 Å². The summed E-state index contributed by atoms with van der Waals surface area (Å²) in [5, 5.41) is 8.90. The lowest BCUT2D eigenvalue weighted by molar-refractivity contribution is -0.131. The molecule has 0 bridgehead atoms. The number of rotatable bonds is 6. The first-order valence-electron chi connectivity index (χ1n) is 11.0. The molecule has 0 saturated heterocycles. The number of carbonyl (C=O) groups is 1. The average molecular weight is 456 g/mol. The molecule has 34 heavy (non-hydrogen) atoms. The molecule has 0 amide bonds. The quantitative estimate of drug-likeness (QED) is 0.402. The predicted molar refractivity (Wildman–Crippen MR) is 135 cm³/mol. The Hall–Kier alpha value is -4.19. The number of anilines is 1. The summed E-state index contributed by atoms with van der Waals surface area (Å²) in [6.07, 6.45) is 6.83. The molecule has 6 heteroatoms. The summed E-state index contributed by atoms with van der Waals surface area (Å²) in [6.45, 7) is 0.761. The maximum Gasteiger partial charge on any atom is 0.328 e. The van der Waals surface area contributed by atoms with Gasteiger partial charge >= 0.3 is 5.97 Å². The summed E-state index contributed by atoms with van der Waals surface area (Å²) in [5.74, 6) is -1.25. The molecule has 1 heterocycles. The first-order chi connectivity index (χ1) is 16.5. The number of aliphatic imine (C=N–C) groups is 1. The number of allylic oxidation sites excluding steroid dienone is 1. The minimum atomic E-state index is -0.984. The van der Waals surface area contributed by atoms with Crippen molar-refractivity contribution >= 4 is 29.5 Å². The summed E-state index contributed by atoms with van der Waals surface area (Å²) >= 11 is 0. The van der Waals surface area contributed by atoms with E-state index in [9.17, 15) is 9.18 Å². The van der Waals surface area contributed by atoms with E-state index in [1.165, 1.54) is 17.7 Å². The number of nitrogens with zero attached hydrogens (tertiary/aromatic N) is 2. The molecule has 1 unspecified atom stereocenters. The van der Waals surface area contributed by atoms with Crippen molar-refractivity contribution in [1.82, 2.24) is 0 Å². The number of nitrogens with two attached hydrogens (primary N) is 1. The van der Waals surface area contributed by atoms with E-state index in [2.05, 4.69) is 22.0 Å².